The Morgan fingerprint density at radius 1 is 1.03 bits per heavy atom. The zero-order valence-electron chi connectivity index (χ0n) is 19.5. The summed E-state index contributed by atoms with van der Waals surface area (Å²) in [4.78, 5) is 17.6. The molecule has 1 aliphatic heterocycles. The van der Waals surface area contributed by atoms with Gasteiger partial charge < -0.3 is 10.1 Å². The van der Waals surface area contributed by atoms with Crippen LogP contribution in [0.25, 0.3) is 0 Å². The summed E-state index contributed by atoms with van der Waals surface area (Å²) in [5.74, 6) is 0.373. The van der Waals surface area contributed by atoms with Gasteiger partial charge in [-0.15, -0.1) is 0 Å². The predicted octanol–water partition coefficient (Wildman–Crippen LogP) is 3.61. The molecule has 5 rings (SSSR count). The highest BCUT2D eigenvalue weighted by Gasteiger charge is 2.32. The summed E-state index contributed by atoms with van der Waals surface area (Å²) in [7, 11) is -3.53. The molecule has 7 nitrogen and oxygen atoms in total. The van der Waals surface area contributed by atoms with E-state index in [-0.39, 0.29) is 17.9 Å². The average molecular weight is 484 g/mol. The predicted molar refractivity (Wildman–Crippen MR) is 129 cm³/mol. The van der Waals surface area contributed by atoms with Crippen LogP contribution < -0.4 is 10.1 Å². The minimum absolute atomic E-state index is 0.0368. The number of benzene rings is 1. The number of sulfonamides is 1. The van der Waals surface area contributed by atoms with Crippen LogP contribution in [-0.2, 0) is 34.2 Å². The van der Waals surface area contributed by atoms with Crippen molar-refractivity contribution < 1.29 is 17.9 Å². The Hall–Kier alpha value is -2.45. The quantitative estimate of drug-likeness (QED) is 0.650. The molecule has 2 aliphatic carbocycles. The van der Waals surface area contributed by atoms with Crippen LogP contribution in [0.1, 0.15) is 61.6 Å². The minimum atomic E-state index is -3.53. The molecule has 0 unspecified atom stereocenters. The van der Waals surface area contributed by atoms with Gasteiger partial charge in [-0.05, 0) is 87.1 Å². The van der Waals surface area contributed by atoms with E-state index in [0.29, 0.717) is 43.3 Å². The highest BCUT2D eigenvalue weighted by molar-refractivity contribution is 7.89. The van der Waals surface area contributed by atoms with Gasteiger partial charge in [-0.25, -0.2) is 13.4 Å². The Kier molecular flexibility index (Phi) is 6.88. The van der Waals surface area contributed by atoms with Gasteiger partial charge in [0.1, 0.15) is 6.10 Å². The monoisotopic (exact) mass is 483 g/mol. The molecule has 1 saturated heterocycles. The Morgan fingerprint density at radius 3 is 2.59 bits per heavy atom. The highest BCUT2D eigenvalue weighted by atomic mass is 32.2. The van der Waals surface area contributed by atoms with E-state index in [1.807, 2.05) is 24.3 Å². The van der Waals surface area contributed by atoms with Crippen LogP contribution in [0, 0.1) is 5.92 Å². The molecule has 3 aliphatic rings. The van der Waals surface area contributed by atoms with Crippen molar-refractivity contribution in [2.24, 2.45) is 5.92 Å². The number of hydrogen-bond acceptors (Lipinski definition) is 5. The average Bonchev–Trinajstić information content (AvgIpc) is 3.55. The van der Waals surface area contributed by atoms with Crippen LogP contribution in [0.3, 0.4) is 0 Å². The summed E-state index contributed by atoms with van der Waals surface area (Å²) in [6, 6.07) is 9.32. The second kappa shape index (κ2) is 10.0. The van der Waals surface area contributed by atoms with E-state index >= 15 is 0 Å². The summed E-state index contributed by atoms with van der Waals surface area (Å²) in [5.41, 5.74) is 3.29. The third kappa shape index (κ3) is 4.98. The Bertz CT molecular complexity index is 1140. The van der Waals surface area contributed by atoms with Gasteiger partial charge in [0.2, 0.25) is 21.8 Å². The van der Waals surface area contributed by atoms with Crippen molar-refractivity contribution in [3.05, 3.63) is 53.2 Å². The van der Waals surface area contributed by atoms with Gasteiger partial charge >= 0.3 is 0 Å². The van der Waals surface area contributed by atoms with Gasteiger partial charge in [0.25, 0.3) is 0 Å². The number of nitrogens with zero attached hydrogens (tertiary/aromatic N) is 2. The Balaban J connectivity index is 1.15. The SMILES string of the molecule is O=C(NCc1cccnc1OC1CCCC1)C1CCN(S(=O)(=O)c2ccc3c(c2)CCC3)CC1. The molecule has 182 valence electrons. The fourth-order valence-electron chi connectivity index (χ4n) is 5.37. The maximum absolute atomic E-state index is 13.2. The Morgan fingerprint density at radius 2 is 1.79 bits per heavy atom. The number of nitrogens with one attached hydrogen (secondary N) is 1. The molecule has 1 N–H and O–H groups in total. The number of piperidine rings is 1. The minimum Gasteiger partial charge on any atom is -0.474 e. The van der Waals surface area contributed by atoms with Crippen molar-refractivity contribution >= 4 is 15.9 Å². The smallest absolute Gasteiger partial charge is 0.243 e. The highest BCUT2D eigenvalue weighted by Crippen LogP contribution is 2.29. The van der Waals surface area contributed by atoms with E-state index in [9.17, 15) is 13.2 Å². The maximum Gasteiger partial charge on any atom is 0.243 e. The third-order valence-electron chi connectivity index (χ3n) is 7.42. The molecular formula is C26H33N3O4S. The number of aryl methyl sites for hydroxylation is 2. The van der Waals surface area contributed by atoms with Crippen LogP contribution in [0.5, 0.6) is 5.88 Å². The van der Waals surface area contributed by atoms with Crippen LogP contribution >= 0.6 is 0 Å². The number of amides is 1. The lowest BCUT2D eigenvalue weighted by molar-refractivity contribution is -0.126. The fraction of sp³-hybridized carbons (Fsp3) is 0.538. The number of rotatable bonds is 7. The van der Waals surface area contributed by atoms with Gasteiger partial charge in [0, 0.05) is 37.3 Å². The van der Waals surface area contributed by atoms with Gasteiger partial charge in [0.15, 0.2) is 0 Å². The lowest BCUT2D eigenvalue weighted by atomic mass is 9.97. The molecule has 0 atom stereocenters. The lowest BCUT2D eigenvalue weighted by Gasteiger charge is -2.30. The summed E-state index contributed by atoms with van der Waals surface area (Å²) in [6.07, 6.45) is 10.5. The van der Waals surface area contributed by atoms with Crippen LogP contribution in [0.2, 0.25) is 0 Å². The molecule has 1 aromatic heterocycles. The van der Waals surface area contributed by atoms with Crippen molar-refractivity contribution in [2.75, 3.05) is 13.1 Å². The zero-order chi connectivity index (χ0) is 23.5. The first-order chi connectivity index (χ1) is 16.5. The van der Waals surface area contributed by atoms with Crippen molar-refractivity contribution in [1.29, 1.82) is 0 Å². The molecule has 1 amide bonds. The zero-order valence-corrected chi connectivity index (χ0v) is 20.4. The van der Waals surface area contributed by atoms with E-state index in [4.69, 9.17) is 4.74 Å². The van der Waals surface area contributed by atoms with Crippen LogP contribution in [0.15, 0.2) is 41.4 Å². The lowest BCUT2D eigenvalue weighted by Crippen LogP contribution is -2.42. The number of hydrogen-bond donors (Lipinski definition) is 1. The number of aromatic nitrogens is 1. The molecule has 1 aromatic carbocycles. The summed E-state index contributed by atoms with van der Waals surface area (Å²) in [6.45, 7) is 1.09. The van der Waals surface area contributed by atoms with Gasteiger partial charge in [-0.3, -0.25) is 4.79 Å². The molecule has 0 bridgehead atoms. The van der Waals surface area contributed by atoms with E-state index in [2.05, 4.69) is 10.3 Å². The normalized spacial score (nSPS) is 19.8. The largest absolute Gasteiger partial charge is 0.474 e. The first-order valence-corrected chi connectivity index (χ1v) is 13.9. The van der Waals surface area contributed by atoms with Crippen molar-refractivity contribution in [3.8, 4) is 5.88 Å². The summed E-state index contributed by atoms with van der Waals surface area (Å²) >= 11 is 0. The molecule has 2 fully saturated rings. The molecule has 2 aromatic rings. The summed E-state index contributed by atoms with van der Waals surface area (Å²) in [5, 5.41) is 3.02. The molecule has 34 heavy (non-hydrogen) atoms. The first kappa shape index (κ1) is 23.3. The standard InChI is InChI=1S/C26H33N3O4S/c30-25(28-18-22-7-4-14-27-26(22)33-23-8-1-2-9-23)20-12-15-29(16-13-20)34(31,32)24-11-10-19-5-3-6-21(19)17-24/h4,7,10-11,14,17,20,23H,1-3,5-6,8-9,12-13,15-16,18H2,(H,28,30). The number of fused-ring (bicyclic) bond motifs is 1. The topological polar surface area (TPSA) is 88.6 Å². The Labute approximate surface area is 202 Å². The maximum atomic E-state index is 13.2. The van der Waals surface area contributed by atoms with E-state index in [1.165, 1.54) is 22.7 Å². The van der Waals surface area contributed by atoms with Crippen molar-refractivity contribution in [2.45, 2.75) is 75.3 Å². The van der Waals surface area contributed by atoms with Gasteiger partial charge in [-0.2, -0.15) is 4.31 Å². The molecule has 0 spiro atoms. The second-order valence-electron chi connectivity index (χ2n) is 9.67. The van der Waals surface area contributed by atoms with Gasteiger partial charge in [-0.1, -0.05) is 12.1 Å². The number of carbonyl (C=O) groups excluding carboxylic acids is 1. The van der Waals surface area contributed by atoms with E-state index in [0.717, 1.165) is 43.2 Å². The molecule has 0 radical (unpaired) electrons. The molecule has 8 heteroatoms. The molecular weight excluding hydrogens is 450 g/mol. The van der Waals surface area contributed by atoms with Crippen molar-refractivity contribution in [1.82, 2.24) is 14.6 Å². The van der Waals surface area contributed by atoms with Crippen LogP contribution in [-0.4, -0.2) is 42.8 Å². The summed E-state index contributed by atoms with van der Waals surface area (Å²) < 4.78 is 33.9. The second-order valence-corrected chi connectivity index (χ2v) is 11.6. The van der Waals surface area contributed by atoms with E-state index < -0.39 is 10.0 Å². The number of carbonyl (C=O) groups is 1. The first-order valence-electron chi connectivity index (χ1n) is 12.5. The van der Waals surface area contributed by atoms with Gasteiger partial charge in [0.05, 0.1) is 4.90 Å². The van der Waals surface area contributed by atoms with E-state index in [1.54, 1.807) is 12.3 Å². The number of pyridine rings is 1. The molecule has 2 heterocycles. The molecule has 1 saturated carbocycles. The fourth-order valence-corrected chi connectivity index (χ4v) is 6.89. The third-order valence-corrected chi connectivity index (χ3v) is 9.31. The van der Waals surface area contributed by atoms with Crippen LogP contribution in [0.4, 0.5) is 0 Å². The number of ether oxygens (including phenoxy) is 1. The van der Waals surface area contributed by atoms with Crippen molar-refractivity contribution in [3.63, 3.8) is 0 Å².